The largest absolute Gasteiger partial charge is 0.393 e. The Hall–Kier alpha value is -0.410. The molecule has 0 amide bonds. The van der Waals surface area contributed by atoms with E-state index in [1.54, 1.807) is 11.3 Å². The van der Waals surface area contributed by atoms with Crippen LogP contribution >= 0.6 is 11.3 Å². The molecule has 1 aromatic heterocycles. The first-order valence-corrected chi connectivity index (χ1v) is 5.64. The normalized spacial score (nSPS) is 21.5. The van der Waals surface area contributed by atoms with Crippen molar-refractivity contribution in [3.05, 3.63) is 16.1 Å². The fourth-order valence-corrected chi connectivity index (χ4v) is 2.51. The molecular weight excluding hydrogens is 182 g/mol. The van der Waals surface area contributed by atoms with Crippen LogP contribution < -0.4 is 0 Å². The standard InChI is InChI=1S/C10H15NOS/c1-6(7(2)12)9-5-11-10(13-9)8-3-4-8/h5-8,12H,3-4H2,1-2H3. The predicted molar refractivity (Wildman–Crippen MR) is 54.2 cm³/mol. The van der Waals surface area contributed by atoms with Crippen molar-refractivity contribution >= 4 is 11.3 Å². The van der Waals surface area contributed by atoms with Gasteiger partial charge < -0.3 is 5.11 Å². The van der Waals surface area contributed by atoms with Crippen LogP contribution in [0.5, 0.6) is 0 Å². The summed E-state index contributed by atoms with van der Waals surface area (Å²) in [7, 11) is 0. The number of aromatic nitrogens is 1. The molecule has 1 heterocycles. The van der Waals surface area contributed by atoms with Crippen molar-refractivity contribution in [3.8, 4) is 0 Å². The van der Waals surface area contributed by atoms with Gasteiger partial charge in [0.25, 0.3) is 0 Å². The smallest absolute Gasteiger partial charge is 0.0958 e. The van der Waals surface area contributed by atoms with Crippen molar-refractivity contribution in [2.24, 2.45) is 0 Å². The molecule has 1 aromatic rings. The van der Waals surface area contributed by atoms with E-state index in [2.05, 4.69) is 11.9 Å². The number of nitrogens with zero attached hydrogens (tertiary/aromatic N) is 1. The molecular formula is C10H15NOS. The number of thiazole rings is 1. The maximum atomic E-state index is 9.42. The van der Waals surface area contributed by atoms with Crippen molar-refractivity contribution in [1.82, 2.24) is 4.98 Å². The highest BCUT2D eigenvalue weighted by atomic mass is 32.1. The lowest BCUT2D eigenvalue weighted by atomic mass is 10.1. The number of hydrogen-bond acceptors (Lipinski definition) is 3. The van der Waals surface area contributed by atoms with Crippen molar-refractivity contribution in [1.29, 1.82) is 0 Å². The Morgan fingerprint density at radius 3 is 2.77 bits per heavy atom. The topological polar surface area (TPSA) is 33.1 Å². The van der Waals surface area contributed by atoms with Crippen LogP contribution in [0, 0.1) is 0 Å². The molecule has 1 saturated carbocycles. The Balaban J connectivity index is 2.11. The molecule has 0 aliphatic heterocycles. The molecule has 1 fully saturated rings. The number of hydrogen-bond donors (Lipinski definition) is 1. The minimum Gasteiger partial charge on any atom is -0.393 e. The van der Waals surface area contributed by atoms with Crippen molar-refractivity contribution < 1.29 is 5.11 Å². The lowest BCUT2D eigenvalue weighted by Crippen LogP contribution is -2.09. The Morgan fingerprint density at radius 2 is 2.23 bits per heavy atom. The van der Waals surface area contributed by atoms with Crippen molar-refractivity contribution in [2.75, 3.05) is 0 Å². The molecule has 0 saturated heterocycles. The Morgan fingerprint density at radius 1 is 1.54 bits per heavy atom. The fourth-order valence-electron chi connectivity index (χ4n) is 1.27. The maximum absolute atomic E-state index is 9.42. The van der Waals surface area contributed by atoms with Gasteiger partial charge in [-0.1, -0.05) is 6.92 Å². The molecule has 1 N–H and O–H groups in total. The SMILES string of the molecule is CC(O)C(C)c1cnc(C2CC2)s1. The minimum absolute atomic E-state index is 0.227. The summed E-state index contributed by atoms with van der Waals surface area (Å²) >= 11 is 1.77. The molecule has 0 spiro atoms. The second-order valence-electron chi connectivity index (χ2n) is 3.90. The van der Waals surface area contributed by atoms with Gasteiger partial charge in [0, 0.05) is 22.9 Å². The minimum atomic E-state index is -0.271. The summed E-state index contributed by atoms with van der Waals surface area (Å²) in [5.74, 6) is 0.963. The summed E-state index contributed by atoms with van der Waals surface area (Å²) in [5, 5.41) is 10.7. The quantitative estimate of drug-likeness (QED) is 0.807. The van der Waals surface area contributed by atoms with E-state index in [0.717, 1.165) is 5.92 Å². The second kappa shape index (κ2) is 3.39. The van der Waals surface area contributed by atoms with Crippen molar-refractivity contribution in [3.63, 3.8) is 0 Å². The Labute approximate surface area is 82.6 Å². The summed E-state index contributed by atoms with van der Waals surface area (Å²) in [4.78, 5) is 5.61. The molecule has 2 unspecified atom stereocenters. The molecule has 1 aliphatic rings. The van der Waals surface area contributed by atoms with E-state index in [0.29, 0.717) is 0 Å². The molecule has 2 nitrogen and oxygen atoms in total. The van der Waals surface area contributed by atoms with Crippen LogP contribution in [0.1, 0.15) is 48.4 Å². The summed E-state index contributed by atoms with van der Waals surface area (Å²) in [6.45, 7) is 3.88. The van der Waals surface area contributed by atoms with Gasteiger partial charge in [0.05, 0.1) is 11.1 Å². The van der Waals surface area contributed by atoms with Crippen LogP contribution in [-0.4, -0.2) is 16.2 Å². The van der Waals surface area contributed by atoms with Gasteiger partial charge >= 0.3 is 0 Å². The van der Waals surface area contributed by atoms with E-state index in [4.69, 9.17) is 0 Å². The molecule has 0 bridgehead atoms. The first kappa shape index (κ1) is 9.16. The molecule has 3 heteroatoms. The van der Waals surface area contributed by atoms with E-state index in [1.165, 1.54) is 22.7 Å². The number of aliphatic hydroxyl groups is 1. The highest BCUT2D eigenvalue weighted by Gasteiger charge is 2.27. The fraction of sp³-hybridized carbons (Fsp3) is 0.700. The van der Waals surface area contributed by atoms with E-state index < -0.39 is 0 Å². The monoisotopic (exact) mass is 197 g/mol. The van der Waals surface area contributed by atoms with E-state index >= 15 is 0 Å². The first-order chi connectivity index (χ1) is 6.18. The molecule has 0 radical (unpaired) electrons. The van der Waals surface area contributed by atoms with Gasteiger partial charge in [0.1, 0.15) is 0 Å². The van der Waals surface area contributed by atoms with Crippen LogP contribution in [-0.2, 0) is 0 Å². The van der Waals surface area contributed by atoms with Gasteiger partial charge in [-0.15, -0.1) is 11.3 Å². The Kier molecular flexibility index (Phi) is 2.39. The third-order valence-corrected chi connectivity index (χ3v) is 4.00. The summed E-state index contributed by atoms with van der Waals surface area (Å²) in [6.07, 6.45) is 4.26. The summed E-state index contributed by atoms with van der Waals surface area (Å²) in [5.41, 5.74) is 0. The summed E-state index contributed by atoms with van der Waals surface area (Å²) in [6, 6.07) is 0. The highest BCUT2D eigenvalue weighted by Crippen LogP contribution is 2.42. The second-order valence-corrected chi connectivity index (χ2v) is 5.00. The zero-order valence-corrected chi connectivity index (χ0v) is 8.84. The molecule has 1 aliphatic carbocycles. The predicted octanol–water partition coefficient (Wildman–Crippen LogP) is 2.50. The van der Waals surface area contributed by atoms with Crippen LogP contribution in [0.2, 0.25) is 0 Å². The van der Waals surface area contributed by atoms with Gasteiger partial charge in [-0.3, -0.25) is 0 Å². The van der Waals surface area contributed by atoms with Gasteiger partial charge in [-0.2, -0.15) is 0 Å². The van der Waals surface area contributed by atoms with Gasteiger partial charge in [0.2, 0.25) is 0 Å². The van der Waals surface area contributed by atoms with Gasteiger partial charge in [0.15, 0.2) is 0 Å². The molecule has 13 heavy (non-hydrogen) atoms. The molecule has 2 rings (SSSR count). The van der Waals surface area contributed by atoms with E-state index in [9.17, 15) is 5.11 Å². The average Bonchev–Trinajstić information content (AvgIpc) is 2.83. The third-order valence-electron chi connectivity index (χ3n) is 2.64. The van der Waals surface area contributed by atoms with Crippen LogP contribution in [0.25, 0.3) is 0 Å². The van der Waals surface area contributed by atoms with Crippen LogP contribution in [0.3, 0.4) is 0 Å². The molecule has 0 aromatic carbocycles. The van der Waals surface area contributed by atoms with Gasteiger partial charge in [-0.25, -0.2) is 4.98 Å². The maximum Gasteiger partial charge on any atom is 0.0958 e. The number of rotatable bonds is 3. The van der Waals surface area contributed by atoms with Crippen molar-refractivity contribution in [2.45, 2.75) is 44.6 Å². The van der Waals surface area contributed by atoms with E-state index in [1.807, 2.05) is 13.1 Å². The lowest BCUT2D eigenvalue weighted by Gasteiger charge is -2.10. The summed E-state index contributed by atoms with van der Waals surface area (Å²) < 4.78 is 0. The zero-order chi connectivity index (χ0) is 9.42. The van der Waals surface area contributed by atoms with Crippen LogP contribution in [0.15, 0.2) is 6.20 Å². The molecule has 72 valence electrons. The highest BCUT2D eigenvalue weighted by molar-refractivity contribution is 7.11. The average molecular weight is 197 g/mol. The third kappa shape index (κ3) is 1.92. The molecule has 2 atom stereocenters. The lowest BCUT2D eigenvalue weighted by molar-refractivity contribution is 0.170. The van der Waals surface area contributed by atoms with E-state index in [-0.39, 0.29) is 12.0 Å². The first-order valence-electron chi connectivity index (χ1n) is 4.82. The zero-order valence-electron chi connectivity index (χ0n) is 8.03. The van der Waals surface area contributed by atoms with Gasteiger partial charge in [-0.05, 0) is 19.8 Å². The number of aliphatic hydroxyl groups excluding tert-OH is 1. The Bertz CT molecular complexity index is 291. The van der Waals surface area contributed by atoms with Crippen LogP contribution in [0.4, 0.5) is 0 Å².